The van der Waals surface area contributed by atoms with Gasteiger partial charge >= 0.3 is 13.4 Å². The Hall–Kier alpha value is -4.49. The van der Waals surface area contributed by atoms with Crippen LogP contribution in [0, 0.1) is 0 Å². The fourth-order valence-corrected chi connectivity index (χ4v) is 5.09. The summed E-state index contributed by atoms with van der Waals surface area (Å²) in [5.74, 6) is -0.212. The van der Waals surface area contributed by atoms with Crippen molar-refractivity contribution in [2.75, 3.05) is 25.8 Å². The number of benzene rings is 2. The molecular formula is C26H26N5O9P. The van der Waals surface area contributed by atoms with Gasteiger partial charge in [-0.3, -0.25) is 18.9 Å². The second-order valence-electron chi connectivity index (χ2n) is 8.68. The minimum absolute atomic E-state index is 0.0136. The van der Waals surface area contributed by atoms with Crippen molar-refractivity contribution in [3.05, 3.63) is 93.2 Å². The number of aromatic amines is 1. The van der Waals surface area contributed by atoms with E-state index < -0.39 is 25.3 Å². The molecule has 5 rings (SSSR count). The van der Waals surface area contributed by atoms with Crippen LogP contribution in [-0.4, -0.2) is 39.6 Å². The lowest BCUT2D eigenvalue weighted by atomic mass is 10.1. The number of anilines is 1. The number of nitrogens with zero attached hydrogens (tertiary/aromatic N) is 3. The Balaban J connectivity index is 1.28. The van der Waals surface area contributed by atoms with Crippen molar-refractivity contribution < 1.29 is 31.9 Å². The number of nitrogen functional groups attached to an aromatic ring is 1. The molecule has 0 saturated carbocycles. The summed E-state index contributed by atoms with van der Waals surface area (Å²) in [6.45, 7) is -0.121. The molecule has 5 aromatic rings. The van der Waals surface area contributed by atoms with Crippen LogP contribution in [0.5, 0.6) is 5.75 Å². The molecule has 0 aliphatic heterocycles. The lowest BCUT2D eigenvalue weighted by molar-refractivity contribution is 0.114. The quantitative estimate of drug-likeness (QED) is 0.152. The van der Waals surface area contributed by atoms with E-state index in [1.165, 1.54) is 13.4 Å². The van der Waals surface area contributed by atoms with Crippen LogP contribution in [0.3, 0.4) is 0 Å². The average molecular weight is 583 g/mol. The van der Waals surface area contributed by atoms with E-state index in [-0.39, 0.29) is 55.0 Å². The lowest BCUT2D eigenvalue weighted by Gasteiger charge is -2.18. The van der Waals surface area contributed by atoms with E-state index in [2.05, 4.69) is 15.0 Å². The van der Waals surface area contributed by atoms with Gasteiger partial charge in [-0.15, -0.1) is 0 Å². The Morgan fingerprint density at radius 1 is 1.02 bits per heavy atom. The molecule has 0 radical (unpaired) electrons. The van der Waals surface area contributed by atoms with Gasteiger partial charge in [0.25, 0.3) is 5.56 Å². The van der Waals surface area contributed by atoms with Crippen LogP contribution in [-0.2, 0) is 38.1 Å². The number of nitrogens with one attached hydrogen (secondary N) is 1. The molecule has 1 unspecified atom stereocenters. The number of H-pyrrole nitrogens is 1. The van der Waals surface area contributed by atoms with Crippen molar-refractivity contribution in [3.8, 4) is 17.1 Å². The molecule has 214 valence electrons. The van der Waals surface area contributed by atoms with Gasteiger partial charge in [0.15, 0.2) is 22.7 Å². The number of aromatic nitrogens is 4. The molecule has 0 aliphatic carbocycles. The molecule has 0 aliphatic rings. The Bertz CT molecular complexity index is 1780. The lowest BCUT2D eigenvalue weighted by Crippen LogP contribution is -2.13. The monoisotopic (exact) mass is 583 g/mol. The molecule has 41 heavy (non-hydrogen) atoms. The zero-order chi connectivity index (χ0) is 28.8. The first kappa shape index (κ1) is 28.1. The second-order valence-corrected chi connectivity index (χ2v) is 10.7. The van der Waals surface area contributed by atoms with Gasteiger partial charge in [-0.2, -0.15) is 4.98 Å². The maximum Gasteiger partial charge on any atom is 0.519 e. The molecule has 0 saturated heterocycles. The van der Waals surface area contributed by atoms with Crippen LogP contribution >= 0.6 is 7.60 Å². The topological polar surface area (TPSA) is 187 Å². The first-order chi connectivity index (χ1) is 19.8. The van der Waals surface area contributed by atoms with Gasteiger partial charge in [-0.05, 0) is 29.8 Å². The first-order valence-electron chi connectivity index (χ1n) is 12.3. The minimum Gasteiger partial charge on any atom is -0.497 e. The molecule has 3 heterocycles. The molecule has 0 spiro atoms. The number of hydrogen-bond donors (Lipinski definition) is 2. The fraction of sp³-hybridized carbons (Fsp3) is 0.231. The van der Waals surface area contributed by atoms with Gasteiger partial charge < -0.3 is 33.1 Å². The summed E-state index contributed by atoms with van der Waals surface area (Å²) >= 11 is 0. The third-order valence-electron chi connectivity index (χ3n) is 5.88. The van der Waals surface area contributed by atoms with Crippen LogP contribution in [0.4, 0.5) is 5.95 Å². The summed E-state index contributed by atoms with van der Waals surface area (Å²) in [5, 5.41) is 0. The Labute approximate surface area is 232 Å². The first-order valence-corrected chi connectivity index (χ1v) is 14.0. The molecular weight excluding hydrogens is 557 g/mol. The second kappa shape index (κ2) is 12.4. The number of methoxy groups -OCH3 is 1. The number of hydrogen-bond acceptors (Lipinski definition) is 12. The normalized spacial score (nSPS) is 12.9. The predicted octanol–water partition coefficient (Wildman–Crippen LogP) is 3.52. The van der Waals surface area contributed by atoms with Gasteiger partial charge in [-0.25, -0.2) is 9.78 Å². The summed E-state index contributed by atoms with van der Waals surface area (Å²) in [6, 6.07) is 15.9. The molecule has 3 aromatic heterocycles. The smallest absolute Gasteiger partial charge is 0.497 e. The maximum absolute atomic E-state index is 13.7. The van der Waals surface area contributed by atoms with Crippen LogP contribution < -0.4 is 21.9 Å². The van der Waals surface area contributed by atoms with Crippen LogP contribution in [0.15, 0.2) is 79.3 Å². The molecule has 14 nitrogen and oxygen atoms in total. The molecule has 0 amide bonds. The number of rotatable bonds is 13. The number of imidazole rings is 1. The largest absolute Gasteiger partial charge is 0.519 e. The summed E-state index contributed by atoms with van der Waals surface area (Å²) in [5.41, 5.74) is 6.90. The number of fused-ring (bicyclic) bond motifs is 1. The van der Waals surface area contributed by atoms with E-state index in [1.54, 1.807) is 28.8 Å². The third kappa shape index (κ3) is 6.81. The number of ether oxygens (including phenoxy) is 2. The molecule has 15 heteroatoms. The standard InChI is InChI=1S/C26H26N5O9P/c1-35-19-9-7-18(8-10-19)22-20(39-26(33)40-22)14-38-41(34,37-13-17-5-3-2-4-6-17)16-36-12-11-31-15-28-21-23(31)29-25(27)30-24(21)32/h2-10,15H,11-14,16H2,1H3,(H3,27,29,30,32). The summed E-state index contributed by atoms with van der Waals surface area (Å²) in [4.78, 5) is 34.5. The molecule has 1 atom stereocenters. The number of nitrogens with two attached hydrogens (primary N) is 1. The zero-order valence-electron chi connectivity index (χ0n) is 21.8. The van der Waals surface area contributed by atoms with Crippen molar-refractivity contribution in [1.82, 2.24) is 19.5 Å². The summed E-state index contributed by atoms with van der Waals surface area (Å²) in [6.07, 6.45) is 1.02. The van der Waals surface area contributed by atoms with Gasteiger partial charge in [0, 0.05) is 12.1 Å². The highest BCUT2D eigenvalue weighted by atomic mass is 31.2. The summed E-state index contributed by atoms with van der Waals surface area (Å²) in [7, 11) is -2.36. The van der Waals surface area contributed by atoms with E-state index in [4.69, 9.17) is 33.1 Å². The minimum atomic E-state index is -3.90. The van der Waals surface area contributed by atoms with E-state index in [1.807, 2.05) is 30.3 Å². The van der Waals surface area contributed by atoms with Crippen molar-refractivity contribution in [3.63, 3.8) is 0 Å². The van der Waals surface area contributed by atoms with E-state index in [0.29, 0.717) is 11.3 Å². The van der Waals surface area contributed by atoms with E-state index >= 15 is 0 Å². The van der Waals surface area contributed by atoms with Crippen LogP contribution in [0.25, 0.3) is 22.5 Å². The highest BCUT2D eigenvalue weighted by Crippen LogP contribution is 2.50. The molecule has 2 aromatic carbocycles. The highest BCUT2D eigenvalue weighted by molar-refractivity contribution is 7.53. The van der Waals surface area contributed by atoms with Gasteiger partial charge in [0.2, 0.25) is 5.95 Å². The predicted molar refractivity (Wildman–Crippen MR) is 146 cm³/mol. The molecule has 0 fully saturated rings. The van der Waals surface area contributed by atoms with Gasteiger partial charge in [0.05, 0.1) is 26.7 Å². The van der Waals surface area contributed by atoms with E-state index in [0.717, 1.165) is 5.56 Å². The van der Waals surface area contributed by atoms with Crippen LogP contribution in [0.2, 0.25) is 0 Å². The fourth-order valence-electron chi connectivity index (χ4n) is 3.85. The SMILES string of the molecule is COc1ccc(-c2oc(=O)oc2COP(=O)(COCCn2cnc3c(=O)[nH]c(N)nc32)OCc2ccccc2)cc1. The van der Waals surface area contributed by atoms with Crippen molar-refractivity contribution in [2.45, 2.75) is 19.8 Å². The zero-order valence-corrected chi connectivity index (χ0v) is 22.7. The Morgan fingerprint density at radius 3 is 2.54 bits per heavy atom. The van der Waals surface area contributed by atoms with Crippen LogP contribution in [0.1, 0.15) is 11.3 Å². The molecule has 3 N–H and O–H groups in total. The van der Waals surface area contributed by atoms with Crippen molar-refractivity contribution in [1.29, 1.82) is 0 Å². The van der Waals surface area contributed by atoms with Crippen molar-refractivity contribution >= 4 is 24.7 Å². The Kier molecular flexibility index (Phi) is 8.45. The Morgan fingerprint density at radius 2 is 1.78 bits per heavy atom. The van der Waals surface area contributed by atoms with Crippen molar-refractivity contribution in [2.24, 2.45) is 0 Å². The van der Waals surface area contributed by atoms with Gasteiger partial charge in [-0.1, -0.05) is 30.3 Å². The average Bonchev–Trinajstić information content (AvgIpc) is 3.57. The summed E-state index contributed by atoms with van der Waals surface area (Å²) < 4.78 is 47.9. The molecule has 0 bridgehead atoms. The highest BCUT2D eigenvalue weighted by Gasteiger charge is 2.28. The third-order valence-corrected chi connectivity index (χ3v) is 7.42. The van der Waals surface area contributed by atoms with E-state index in [9.17, 15) is 14.2 Å². The maximum atomic E-state index is 13.7. The van der Waals surface area contributed by atoms with Gasteiger partial charge in [0.1, 0.15) is 18.7 Å².